The molecule has 11 heteroatoms. The fraction of sp³-hybridized carbons (Fsp3) is 1.00. The second kappa shape index (κ2) is 12.0. The fourth-order valence-electron chi connectivity index (χ4n) is 2.34. The molecule has 0 saturated heterocycles. The van der Waals surface area contributed by atoms with Crippen LogP contribution in [0.15, 0.2) is 0 Å². The molecule has 152 valence electrons. The Morgan fingerprint density at radius 1 is 0.680 bits per heavy atom. The average Bonchev–Trinajstić information content (AvgIpc) is 2.58. The monoisotopic (exact) mass is 373 g/mol. The van der Waals surface area contributed by atoms with Gasteiger partial charge in [0.15, 0.2) is 0 Å². The summed E-state index contributed by atoms with van der Waals surface area (Å²) in [6.07, 6.45) is -12.2. The van der Waals surface area contributed by atoms with E-state index in [4.69, 9.17) is 14.9 Å². The molecule has 0 heterocycles. The van der Waals surface area contributed by atoms with E-state index in [1.165, 1.54) is 19.1 Å². The molecule has 8 unspecified atom stereocenters. The second-order valence-electron chi connectivity index (χ2n) is 6.03. The van der Waals surface area contributed by atoms with E-state index < -0.39 is 62.0 Å². The van der Waals surface area contributed by atoms with Gasteiger partial charge in [0.1, 0.15) is 36.6 Å². The molecule has 0 aliphatic rings. The molecule has 0 amide bonds. The van der Waals surface area contributed by atoms with Crippen LogP contribution in [0.1, 0.15) is 0 Å². The van der Waals surface area contributed by atoms with Gasteiger partial charge in [-0.05, 0) is 7.05 Å². The van der Waals surface area contributed by atoms with Crippen LogP contribution in [-0.2, 0) is 4.74 Å². The molecule has 0 fully saturated rings. The highest BCUT2D eigenvalue weighted by atomic mass is 16.5. The average molecular weight is 373 g/mol. The number of nitrogens with zero attached hydrogens (tertiary/aromatic N) is 1. The van der Waals surface area contributed by atoms with Crippen molar-refractivity contribution in [3.8, 4) is 0 Å². The minimum atomic E-state index is -1.76. The van der Waals surface area contributed by atoms with E-state index in [1.807, 2.05) is 0 Å². The number of hydrogen-bond donors (Lipinski definition) is 9. The Hall–Kier alpha value is -0.440. The van der Waals surface area contributed by atoms with Crippen molar-refractivity contribution in [2.75, 3.05) is 40.5 Å². The minimum absolute atomic E-state index is 0.143. The molecule has 0 aliphatic carbocycles. The molecule has 0 aromatic rings. The molecular weight excluding hydrogens is 342 g/mol. The highest BCUT2D eigenvalue weighted by molar-refractivity contribution is 4.85. The van der Waals surface area contributed by atoms with Gasteiger partial charge in [0, 0.05) is 20.2 Å². The lowest BCUT2D eigenvalue weighted by Gasteiger charge is -2.33. The van der Waals surface area contributed by atoms with E-state index in [0.717, 1.165) is 0 Å². The quantitative estimate of drug-likeness (QED) is 0.149. The molecule has 8 atom stereocenters. The lowest BCUT2D eigenvalue weighted by molar-refractivity contribution is -0.137. The second-order valence-corrected chi connectivity index (χ2v) is 6.03. The van der Waals surface area contributed by atoms with Crippen LogP contribution in [0.5, 0.6) is 0 Å². The predicted molar refractivity (Wildman–Crippen MR) is 84.5 cm³/mol. The van der Waals surface area contributed by atoms with Crippen LogP contribution in [0.4, 0.5) is 0 Å². The summed E-state index contributed by atoms with van der Waals surface area (Å²) in [5, 5.41) is 85.3. The van der Waals surface area contributed by atoms with E-state index >= 15 is 0 Å². The Morgan fingerprint density at radius 2 is 1.08 bits per heavy atom. The topological polar surface area (TPSA) is 195 Å². The third-order valence-corrected chi connectivity index (χ3v) is 3.89. The number of likely N-dealkylation sites (N-methyl/N-ethyl adjacent to an activating group) is 1. The Balaban J connectivity index is 4.63. The molecule has 25 heavy (non-hydrogen) atoms. The highest BCUT2D eigenvalue weighted by Gasteiger charge is 2.34. The zero-order chi connectivity index (χ0) is 19.7. The molecule has 0 aromatic heterocycles. The van der Waals surface area contributed by atoms with Crippen molar-refractivity contribution in [3.05, 3.63) is 0 Å². The molecule has 0 rings (SSSR count). The van der Waals surface area contributed by atoms with E-state index in [9.17, 15) is 35.7 Å². The number of hydrogen-bond acceptors (Lipinski definition) is 11. The van der Waals surface area contributed by atoms with Gasteiger partial charge in [0.05, 0.1) is 25.4 Å². The minimum Gasteiger partial charge on any atom is -0.394 e. The largest absolute Gasteiger partial charge is 0.394 e. The first-order chi connectivity index (χ1) is 11.6. The fourth-order valence-corrected chi connectivity index (χ4v) is 2.34. The van der Waals surface area contributed by atoms with Crippen LogP contribution in [-0.4, -0.2) is 140 Å². The molecule has 0 saturated carbocycles. The first kappa shape index (κ1) is 24.6. The lowest BCUT2D eigenvalue weighted by atomic mass is 10.0. The predicted octanol–water partition coefficient (Wildman–Crippen LogP) is -5.56. The van der Waals surface area contributed by atoms with Crippen molar-refractivity contribution in [1.29, 1.82) is 0 Å². The third kappa shape index (κ3) is 7.76. The van der Waals surface area contributed by atoms with Crippen molar-refractivity contribution in [2.24, 2.45) is 0 Å². The van der Waals surface area contributed by atoms with Gasteiger partial charge in [-0.3, -0.25) is 0 Å². The maximum Gasteiger partial charge on any atom is 0.113 e. The molecule has 0 bridgehead atoms. The molecular formula is C14H31NO10. The standard InChI is InChI=1S/C14H31NO10/c1-15(3-7(18)11(22)12(23)9(20)5-16)4-8(19)14(25-2)13(24)10(21)6-17/h7-14,16-24H,3-6H2,1-2H3. The van der Waals surface area contributed by atoms with Gasteiger partial charge in [-0.2, -0.15) is 0 Å². The Kier molecular flexibility index (Phi) is 11.8. The third-order valence-electron chi connectivity index (χ3n) is 3.89. The van der Waals surface area contributed by atoms with Crippen molar-refractivity contribution >= 4 is 0 Å². The van der Waals surface area contributed by atoms with Gasteiger partial charge in [-0.25, -0.2) is 0 Å². The Morgan fingerprint density at radius 3 is 1.52 bits per heavy atom. The Bertz CT molecular complexity index is 350. The maximum absolute atomic E-state index is 10.1. The van der Waals surface area contributed by atoms with Gasteiger partial charge in [-0.15, -0.1) is 0 Å². The van der Waals surface area contributed by atoms with Crippen LogP contribution in [0.25, 0.3) is 0 Å². The van der Waals surface area contributed by atoms with Crippen LogP contribution in [0.3, 0.4) is 0 Å². The molecule has 0 radical (unpaired) electrons. The number of aliphatic hydroxyl groups excluding tert-OH is 9. The summed E-state index contributed by atoms with van der Waals surface area (Å²) >= 11 is 0. The number of aliphatic hydroxyl groups is 9. The molecule has 0 aliphatic heterocycles. The van der Waals surface area contributed by atoms with Gasteiger partial charge < -0.3 is 55.6 Å². The number of ether oxygens (including phenoxy) is 1. The van der Waals surface area contributed by atoms with Crippen LogP contribution < -0.4 is 0 Å². The zero-order valence-electron chi connectivity index (χ0n) is 14.3. The van der Waals surface area contributed by atoms with Crippen LogP contribution in [0.2, 0.25) is 0 Å². The van der Waals surface area contributed by atoms with Crippen LogP contribution in [0, 0.1) is 0 Å². The molecule has 9 N–H and O–H groups in total. The zero-order valence-corrected chi connectivity index (χ0v) is 14.3. The van der Waals surface area contributed by atoms with E-state index in [-0.39, 0.29) is 13.1 Å². The summed E-state index contributed by atoms with van der Waals surface area (Å²) in [6, 6.07) is 0. The molecule has 0 spiro atoms. The van der Waals surface area contributed by atoms with Crippen molar-refractivity contribution in [1.82, 2.24) is 4.90 Å². The van der Waals surface area contributed by atoms with Crippen molar-refractivity contribution < 1.29 is 50.7 Å². The number of methoxy groups -OCH3 is 1. The van der Waals surface area contributed by atoms with Crippen LogP contribution >= 0.6 is 0 Å². The summed E-state index contributed by atoms with van der Waals surface area (Å²) < 4.78 is 4.92. The van der Waals surface area contributed by atoms with Gasteiger partial charge in [0.2, 0.25) is 0 Å². The van der Waals surface area contributed by atoms with Crippen molar-refractivity contribution in [2.45, 2.75) is 48.8 Å². The summed E-state index contributed by atoms with van der Waals surface area (Å²) in [7, 11) is 2.67. The van der Waals surface area contributed by atoms with Crippen molar-refractivity contribution in [3.63, 3.8) is 0 Å². The maximum atomic E-state index is 10.1. The normalized spacial score (nSPS) is 22.1. The Labute approximate surface area is 146 Å². The summed E-state index contributed by atoms with van der Waals surface area (Å²) in [6.45, 7) is -1.88. The SMILES string of the molecule is COC(C(O)CN(C)CC(O)C(O)C(O)C(O)CO)C(O)C(O)CO. The van der Waals surface area contributed by atoms with Gasteiger partial charge in [-0.1, -0.05) is 0 Å². The molecule has 11 nitrogen and oxygen atoms in total. The first-order valence-electron chi connectivity index (χ1n) is 7.80. The van der Waals surface area contributed by atoms with Gasteiger partial charge >= 0.3 is 0 Å². The highest BCUT2D eigenvalue weighted by Crippen LogP contribution is 2.11. The summed E-state index contributed by atoms with van der Waals surface area (Å²) in [5.41, 5.74) is 0. The smallest absolute Gasteiger partial charge is 0.113 e. The lowest BCUT2D eigenvalue weighted by Crippen LogP contribution is -2.52. The van der Waals surface area contributed by atoms with E-state index in [1.54, 1.807) is 0 Å². The van der Waals surface area contributed by atoms with Gasteiger partial charge in [0.25, 0.3) is 0 Å². The number of rotatable bonds is 13. The summed E-state index contributed by atoms with van der Waals surface area (Å²) in [5.74, 6) is 0. The summed E-state index contributed by atoms with van der Waals surface area (Å²) in [4.78, 5) is 1.36. The van der Waals surface area contributed by atoms with E-state index in [0.29, 0.717) is 0 Å². The molecule has 0 aromatic carbocycles. The first-order valence-corrected chi connectivity index (χ1v) is 7.80. The van der Waals surface area contributed by atoms with E-state index in [2.05, 4.69) is 0 Å².